The number of nitrogens with one attached hydrogen (secondary N) is 2. The summed E-state index contributed by atoms with van der Waals surface area (Å²) in [4.78, 5) is 20.5. The highest BCUT2D eigenvalue weighted by Gasteiger charge is 2.07. The van der Waals surface area contributed by atoms with Gasteiger partial charge in [-0.25, -0.2) is 4.98 Å². The average molecular weight is 369 g/mol. The van der Waals surface area contributed by atoms with Gasteiger partial charge in [0.1, 0.15) is 11.6 Å². The number of amides is 1. The molecule has 26 heavy (non-hydrogen) atoms. The number of halogens is 1. The molecule has 1 aromatic carbocycles. The normalized spacial score (nSPS) is 10.2. The molecule has 0 aliphatic heterocycles. The summed E-state index contributed by atoms with van der Waals surface area (Å²) in [6.45, 7) is 0.414. The Morgan fingerprint density at radius 1 is 1.19 bits per heavy atom. The van der Waals surface area contributed by atoms with Crippen LogP contribution < -0.4 is 15.4 Å². The van der Waals surface area contributed by atoms with Gasteiger partial charge in [-0.1, -0.05) is 17.7 Å². The van der Waals surface area contributed by atoms with Crippen LogP contribution in [0.1, 0.15) is 15.9 Å². The summed E-state index contributed by atoms with van der Waals surface area (Å²) in [6, 6.07) is 12.5. The van der Waals surface area contributed by atoms with E-state index < -0.39 is 0 Å². The van der Waals surface area contributed by atoms with Gasteiger partial charge in [0.05, 0.1) is 17.7 Å². The minimum absolute atomic E-state index is 0.194. The molecule has 0 atom stereocenters. The van der Waals surface area contributed by atoms with Crippen molar-refractivity contribution in [1.29, 1.82) is 0 Å². The Labute approximate surface area is 156 Å². The summed E-state index contributed by atoms with van der Waals surface area (Å²) >= 11 is 6.11. The van der Waals surface area contributed by atoms with Crippen LogP contribution in [0.5, 0.6) is 5.75 Å². The minimum atomic E-state index is -0.194. The maximum absolute atomic E-state index is 12.2. The highest BCUT2D eigenvalue weighted by atomic mass is 35.5. The Hall–Kier alpha value is -3.12. The van der Waals surface area contributed by atoms with Crippen LogP contribution in [-0.2, 0) is 6.54 Å². The van der Waals surface area contributed by atoms with Crippen LogP contribution in [0.25, 0.3) is 0 Å². The van der Waals surface area contributed by atoms with E-state index in [4.69, 9.17) is 16.3 Å². The molecule has 1 amide bonds. The zero-order valence-corrected chi connectivity index (χ0v) is 14.8. The third kappa shape index (κ3) is 4.49. The molecule has 0 unspecified atom stereocenters. The maximum Gasteiger partial charge on any atom is 0.253 e. The van der Waals surface area contributed by atoms with Gasteiger partial charge in [-0.05, 0) is 42.0 Å². The maximum atomic E-state index is 12.2. The van der Waals surface area contributed by atoms with Crippen molar-refractivity contribution in [2.45, 2.75) is 6.54 Å². The second kappa shape index (κ2) is 8.31. The van der Waals surface area contributed by atoms with Gasteiger partial charge in [0.2, 0.25) is 0 Å². The van der Waals surface area contributed by atoms with Gasteiger partial charge < -0.3 is 15.4 Å². The second-order valence-electron chi connectivity index (χ2n) is 5.45. The number of benzene rings is 1. The van der Waals surface area contributed by atoms with Gasteiger partial charge in [0.25, 0.3) is 5.91 Å². The molecule has 6 nitrogen and oxygen atoms in total. The van der Waals surface area contributed by atoms with E-state index in [1.807, 2.05) is 18.2 Å². The Morgan fingerprint density at radius 2 is 2.08 bits per heavy atom. The Bertz CT molecular complexity index is 886. The number of hydrogen-bond acceptors (Lipinski definition) is 5. The monoisotopic (exact) mass is 368 g/mol. The first-order valence-corrected chi connectivity index (χ1v) is 8.27. The van der Waals surface area contributed by atoms with Crippen molar-refractivity contribution in [3.05, 3.63) is 77.2 Å². The van der Waals surface area contributed by atoms with Crippen molar-refractivity contribution >= 4 is 29.0 Å². The number of ether oxygens (including phenoxy) is 1. The van der Waals surface area contributed by atoms with Crippen LogP contribution in [0.3, 0.4) is 0 Å². The molecule has 0 saturated heterocycles. The smallest absolute Gasteiger partial charge is 0.253 e. The van der Waals surface area contributed by atoms with E-state index in [2.05, 4.69) is 20.6 Å². The first-order chi connectivity index (χ1) is 12.7. The summed E-state index contributed by atoms with van der Waals surface area (Å²) in [7, 11) is 1.56. The molecule has 0 radical (unpaired) electrons. The summed E-state index contributed by atoms with van der Waals surface area (Å²) in [6.07, 6.45) is 4.93. The molecule has 0 aliphatic carbocycles. The molecule has 2 N–H and O–H groups in total. The zero-order valence-electron chi connectivity index (χ0n) is 14.1. The first-order valence-electron chi connectivity index (χ1n) is 7.89. The predicted molar refractivity (Wildman–Crippen MR) is 101 cm³/mol. The van der Waals surface area contributed by atoms with Gasteiger partial charge in [-0.3, -0.25) is 9.78 Å². The van der Waals surface area contributed by atoms with Crippen molar-refractivity contribution in [1.82, 2.24) is 15.3 Å². The van der Waals surface area contributed by atoms with Gasteiger partial charge in [0.15, 0.2) is 0 Å². The fourth-order valence-corrected chi connectivity index (χ4v) is 2.54. The quantitative estimate of drug-likeness (QED) is 0.691. The lowest BCUT2D eigenvalue weighted by Crippen LogP contribution is -2.22. The van der Waals surface area contributed by atoms with E-state index in [0.717, 1.165) is 11.3 Å². The van der Waals surface area contributed by atoms with Crippen LogP contribution in [0, 0.1) is 0 Å². The number of anilines is 2. The second-order valence-corrected chi connectivity index (χ2v) is 5.86. The third-order valence-corrected chi connectivity index (χ3v) is 3.92. The van der Waals surface area contributed by atoms with Crippen molar-refractivity contribution in [3.8, 4) is 5.75 Å². The van der Waals surface area contributed by atoms with Gasteiger partial charge >= 0.3 is 0 Å². The largest absolute Gasteiger partial charge is 0.495 e. The van der Waals surface area contributed by atoms with Gasteiger partial charge in [0, 0.05) is 30.8 Å². The first kappa shape index (κ1) is 17.7. The number of pyridine rings is 2. The van der Waals surface area contributed by atoms with E-state index in [1.54, 1.807) is 43.8 Å². The molecule has 2 aromatic heterocycles. The SMILES string of the molecule is COc1ccc(Nc2ccc(C(=O)NCc3cccnc3)cn2)cc1Cl. The van der Waals surface area contributed by atoms with Gasteiger partial charge in [-0.15, -0.1) is 0 Å². The van der Waals surface area contributed by atoms with Crippen molar-refractivity contribution < 1.29 is 9.53 Å². The lowest BCUT2D eigenvalue weighted by atomic mass is 10.2. The number of methoxy groups -OCH3 is 1. The lowest BCUT2D eigenvalue weighted by molar-refractivity contribution is 0.0950. The summed E-state index contributed by atoms with van der Waals surface area (Å²) in [5.74, 6) is 1.02. The lowest BCUT2D eigenvalue weighted by Gasteiger charge is -2.09. The van der Waals surface area contributed by atoms with Crippen LogP contribution >= 0.6 is 11.6 Å². The molecule has 0 bridgehead atoms. The number of aromatic nitrogens is 2. The van der Waals surface area contributed by atoms with E-state index in [0.29, 0.717) is 28.7 Å². The highest BCUT2D eigenvalue weighted by Crippen LogP contribution is 2.28. The third-order valence-electron chi connectivity index (χ3n) is 3.63. The molecule has 7 heteroatoms. The van der Waals surface area contributed by atoms with Crippen LogP contribution in [0.4, 0.5) is 11.5 Å². The number of rotatable bonds is 6. The van der Waals surface area contributed by atoms with E-state index >= 15 is 0 Å². The summed E-state index contributed by atoms with van der Waals surface area (Å²) < 4.78 is 5.12. The van der Waals surface area contributed by atoms with E-state index in [1.165, 1.54) is 6.20 Å². The zero-order chi connectivity index (χ0) is 18.4. The summed E-state index contributed by atoms with van der Waals surface area (Å²) in [5, 5.41) is 6.47. The molecular formula is C19H17ClN4O2. The Morgan fingerprint density at radius 3 is 2.73 bits per heavy atom. The van der Waals surface area contributed by atoms with Crippen molar-refractivity contribution in [2.75, 3.05) is 12.4 Å². The number of nitrogens with zero attached hydrogens (tertiary/aromatic N) is 2. The highest BCUT2D eigenvalue weighted by molar-refractivity contribution is 6.32. The fraction of sp³-hybridized carbons (Fsp3) is 0.105. The molecule has 0 spiro atoms. The molecule has 0 saturated carbocycles. The summed E-state index contributed by atoms with van der Waals surface area (Å²) in [5.41, 5.74) is 2.19. The Balaban J connectivity index is 1.61. The van der Waals surface area contributed by atoms with Crippen LogP contribution in [0.15, 0.2) is 61.1 Å². The van der Waals surface area contributed by atoms with Crippen molar-refractivity contribution in [3.63, 3.8) is 0 Å². The fourth-order valence-electron chi connectivity index (χ4n) is 2.28. The van der Waals surface area contributed by atoms with E-state index in [9.17, 15) is 4.79 Å². The van der Waals surface area contributed by atoms with Crippen LogP contribution in [-0.4, -0.2) is 23.0 Å². The molecule has 3 aromatic rings. The number of hydrogen-bond donors (Lipinski definition) is 2. The molecule has 3 rings (SSSR count). The van der Waals surface area contributed by atoms with Gasteiger partial charge in [-0.2, -0.15) is 0 Å². The molecular weight excluding hydrogens is 352 g/mol. The average Bonchev–Trinajstić information content (AvgIpc) is 2.68. The number of carbonyl (C=O) groups excluding carboxylic acids is 1. The molecule has 132 valence electrons. The minimum Gasteiger partial charge on any atom is -0.495 e. The molecule has 0 aliphatic rings. The number of carbonyl (C=O) groups is 1. The van der Waals surface area contributed by atoms with Crippen LogP contribution in [0.2, 0.25) is 5.02 Å². The topological polar surface area (TPSA) is 76.1 Å². The van der Waals surface area contributed by atoms with Crippen molar-refractivity contribution in [2.24, 2.45) is 0 Å². The molecule has 2 heterocycles. The van der Waals surface area contributed by atoms with E-state index in [-0.39, 0.29) is 5.91 Å². The Kier molecular flexibility index (Phi) is 5.66. The standard InChI is InChI=1S/C19H17ClN4O2/c1-26-17-6-5-15(9-16(17)20)24-18-7-4-14(12-22-18)19(25)23-11-13-3-2-8-21-10-13/h2-10,12H,11H2,1H3,(H,22,24)(H,23,25). The molecule has 0 fully saturated rings. The predicted octanol–water partition coefficient (Wildman–Crippen LogP) is 3.81.